The van der Waals surface area contributed by atoms with Gasteiger partial charge in [0, 0.05) is 39.7 Å². The molecular formula is C19H32IN3O. The van der Waals surface area contributed by atoms with Gasteiger partial charge >= 0.3 is 0 Å². The van der Waals surface area contributed by atoms with Crippen LogP contribution >= 0.6 is 24.0 Å². The average molecular weight is 445 g/mol. The molecule has 1 fully saturated rings. The van der Waals surface area contributed by atoms with Gasteiger partial charge < -0.3 is 15.0 Å². The predicted octanol–water partition coefficient (Wildman–Crippen LogP) is 3.42. The van der Waals surface area contributed by atoms with E-state index in [9.17, 15) is 0 Å². The molecule has 1 aromatic carbocycles. The van der Waals surface area contributed by atoms with Gasteiger partial charge in [-0.15, -0.1) is 24.0 Å². The van der Waals surface area contributed by atoms with E-state index in [0.29, 0.717) is 5.92 Å². The van der Waals surface area contributed by atoms with Gasteiger partial charge in [0.2, 0.25) is 0 Å². The van der Waals surface area contributed by atoms with Crippen LogP contribution in [0.1, 0.15) is 25.8 Å². The SMILES string of the molecule is CN=C(NCC(C)(C)Cc1ccccc1)N1CCC(COC)C1.I. The summed E-state index contributed by atoms with van der Waals surface area (Å²) in [5.74, 6) is 1.64. The monoisotopic (exact) mass is 445 g/mol. The van der Waals surface area contributed by atoms with Crippen LogP contribution in [-0.2, 0) is 11.2 Å². The quantitative estimate of drug-likeness (QED) is 0.414. The third kappa shape index (κ3) is 6.59. The zero-order valence-corrected chi connectivity index (χ0v) is 17.7. The van der Waals surface area contributed by atoms with Crippen LogP contribution < -0.4 is 5.32 Å². The van der Waals surface area contributed by atoms with Crippen LogP contribution in [0.2, 0.25) is 0 Å². The van der Waals surface area contributed by atoms with Crippen LogP contribution in [0.15, 0.2) is 35.3 Å². The summed E-state index contributed by atoms with van der Waals surface area (Å²) < 4.78 is 5.28. The molecule has 4 nitrogen and oxygen atoms in total. The molecule has 0 spiro atoms. The van der Waals surface area contributed by atoms with Gasteiger partial charge in [-0.2, -0.15) is 0 Å². The van der Waals surface area contributed by atoms with E-state index in [1.165, 1.54) is 12.0 Å². The van der Waals surface area contributed by atoms with Crippen molar-refractivity contribution in [3.8, 4) is 0 Å². The zero-order chi connectivity index (χ0) is 16.7. The first-order valence-corrected chi connectivity index (χ1v) is 8.52. The summed E-state index contributed by atoms with van der Waals surface area (Å²) in [5, 5.41) is 3.57. The Hall–Kier alpha value is -0.820. The topological polar surface area (TPSA) is 36.9 Å². The average Bonchev–Trinajstić information content (AvgIpc) is 2.97. The molecule has 1 atom stereocenters. The fourth-order valence-corrected chi connectivity index (χ4v) is 3.26. The summed E-state index contributed by atoms with van der Waals surface area (Å²) in [6.07, 6.45) is 2.24. The van der Waals surface area contributed by atoms with E-state index >= 15 is 0 Å². The lowest BCUT2D eigenvalue weighted by molar-refractivity contribution is 0.157. The Morgan fingerprint density at radius 1 is 1.33 bits per heavy atom. The molecular weight excluding hydrogens is 413 g/mol. The van der Waals surface area contributed by atoms with E-state index in [1.807, 2.05) is 7.05 Å². The molecule has 2 rings (SSSR count). The second-order valence-electron chi connectivity index (χ2n) is 7.28. The number of guanidine groups is 1. The summed E-state index contributed by atoms with van der Waals surface area (Å²) in [6.45, 7) is 8.46. The van der Waals surface area contributed by atoms with Gasteiger partial charge in [-0.05, 0) is 23.8 Å². The Morgan fingerprint density at radius 2 is 2.04 bits per heavy atom. The molecule has 0 bridgehead atoms. The Morgan fingerprint density at radius 3 is 2.67 bits per heavy atom. The number of ether oxygens (including phenoxy) is 1. The molecule has 136 valence electrons. The maximum Gasteiger partial charge on any atom is 0.193 e. The van der Waals surface area contributed by atoms with E-state index in [2.05, 4.69) is 59.4 Å². The molecule has 1 aliphatic heterocycles. The second kappa shape index (κ2) is 10.2. The lowest BCUT2D eigenvalue weighted by atomic mass is 9.86. The molecule has 1 N–H and O–H groups in total. The van der Waals surface area contributed by atoms with Crippen molar-refractivity contribution < 1.29 is 4.74 Å². The van der Waals surface area contributed by atoms with Gasteiger partial charge in [-0.3, -0.25) is 4.99 Å². The van der Waals surface area contributed by atoms with E-state index in [0.717, 1.165) is 38.6 Å². The van der Waals surface area contributed by atoms with Crippen molar-refractivity contribution in [2.45, 2.75) is 26.7 Å². The first kappa shape index (κ1) is 21.2. The number of hydrogen-bond acceptors (Lipinski definition) is 2. The van der Waals surface area contributed by atoms with Gasteiger partial charge in [0.25, 0.3) is 0 Å². The Bertz CT molecular complexity index is 505. The standard InChI is InChI=1S/C19H31N3O.HI/c1-19(2,12-16-8-6-5-7-9-16)15-21-18(20-3)22-11-10-17(13-22)14-23-4;/h5-9,17H,10-15H2,1-4H3,(H,20,21);1H. The number of benzene rings is 1. The minimum Gasteiger partial charge on any atom is -0.384 e. The zero-order valence-electron chi connectivity index (χ0n) is 15.4. The molecule has 0 aliphatic carbocycles. The number of likely N-dealkylation sites (tertiary alicyclic amines) is 1. The minimum absolute atomic E-state index is 0. The molecule has 0 amide bonds. The van der Waals surface area contributed by atoms with E-state index in [-0.39, 0.29) is 29.4 Å². The molecule has 5 heteroatoms. The number of hydrogen-bond donors (Lipinski definition) is 1. The van der Waals surface area contributed by atoms with Crippen molar-refractivity contribution in [3.05, 3.63) is 35.9 Å². The van der Waals surface area contributed by atoms with Crippen molar-refractivity contribution >= 4 is 29.9 Å². The highest BCUT2D eigenvalue weighted by Gasteiger charge is 2.26. The summed E-state index contributed by atoms with van der Waals surface area (Å²) in [7, 11) is 3.65. The van der Waals surface area contributed by atoms with Crippen molar-refractivity contribution in [2.24, 2.45) is 16.3 Å². The van der Waals surface area contributed by atoms with Crippen molar-refractivity contribution in [3.63, 3.8) is 0 Å². The Kier molecular flexibility index (Phi) is 9.05. The lowest BCUT2D eigenvalue weighted by Crippen LogP contribution is -2.44. The number of halogens is 1. The second-order valence-corrected chi connectivity index (χ2v) is 7.28. The number of aliphatic imine (C=N–C) groups is 1. The summed E-state index contributed by atoms with van der Waals surface area (Å²) in [5.41, 5.74) is 1.57. The van der Waals surface area contributed by atoms with Crippen LogP contribution in [0.4, 0.5) is 0 Å². The maximum atomic E-state index is 5.28. The molecule has 1 heterocycles. The van der Waals surface area contributed by atoms with Crippen LogP contribution in [0, 0.1) is 11.3 Å². The third-order valence-corrected chi connectivity index (χ3v) is 4.45. The fourth-order valence-electron chi connectivity index (χ4n) is 3.26. The van der Waals surface area contributed by atoms with E-state index < -0.39 is 0 Å². The first-order chi connectivity index (χ1) is 11.0. The van der Waals surface area contributed by atoms with E-state index in [4.69, 9.17) is 4.74 Å². The molecule has 0 saturated carbocycles. The molecule has 1 saturated heterocycles. The van der Waals surface area contributed by atoms with Crippen LogP contribution in [0.25, 0.3) is 0 Å². The highest BCUT2D eigenvalue weighted by atomic mass is 127. The summed E-state index contributed by atoms with van der Waals surface area (Å²) in [4.78, 5) is 6.81. The van der Waals surface area contributed by atoms with Gasteiger partial charge in [0.05, 0.1) is 6.61 Å². The van der Waals surface area contributed by atoms with Gasteiger partial charge in [-0.1, -0.05) is 44.2 Å². The maximum absolute atomic E-state index is 5.28. The number of rotatable bonds is 6. The van der Waals surface area contributed by atoms with Crippen molar-refractivity contribution in [1.29, 1.82) is 0 Å². The number of nitrogens with zero attached hydrogens (tertiary/aromatic N) is 2. The molecule has 0 radical (unpaired) electrons. The van der Waals surface area contributed by atoms with E-state index in [1.54, 1.807) is 7.11 Å². The Balaban J connectivity index is 0.00000288. The van der Waals surface area contributed by atoms with Crippen molar-refractivity contribution in [2.75, 3.05) is 40.4 Å². The molecule has 1 aliphatic rings. The van der Waals surface area contributed by atoms with Crippen LogP contribution in [0.5, 0.6) is 0 Å². The van der Waals surface area contributed by atoms with Crippen LogP contribution in [0.3, 0.4) is 0 Å². The Labute approximate surface area is 164 Å². The minimum atomic E-state index is 0. The smallest absolute Gasteiger partial charge is 0.193 e. The fraction of sp³-hybridized carbons (Fsp3) is 0.632. The number of methoxy groups -OCH3 is 1. The lowest BCUT2D eigenvalue weighted by Gasteiger charge is -2.29. The normalized spacial score (nSPS) is 18.4. The molecule has 1 aromatic rings. The van der Waals surface area contributed by atoms with Gasteiger partial charge in [-0.25, -0.2) is 0 Å². The highest BCUT2D eigenvalue weighted by Crippen LogP contribution is 2.21. The summed E-state index contributed by atoms with van der Waals surface area (Å²) in [6, 6.07) is 10.7. The van der Waals surface area contributed by atoms with Gasteiger partial charge in [0.15, 0.2) is 5.96 Å². The van der Waals surface area contributed by atoms with Crippen LogP contribution in [-0.4, -0.2) is 51.3 Å². The highest BCUT2D eigenvalue weighted by molar-refractivity contribution is 14.0. The third-order valence-electron chi connectivity index (χ3n) is 4.45. The van der Waals surface area contributed by atoms with Crippen molar-refractivity contribution in [1.82, 2.24) is 10.2 Å². The largest absolute Gasteiger partial charge is 0.384 e. The predicted molar refractivity (Wildman–Crippen MR) is 112 cm³/mol. The number of nitrogens with one attached hydrogen (secondary N) is 1. The molecule has 1 unspecified atom stereocenters. The molecule has 24 heavy (non-hydrogen) atoms. The molecule has 0 aromatic heterocycles. The summed E-state index contributed by atoms with van der Waals surface area (Å²) >= 11 is 0. The van der Waals surface area contributed by atoms with Gasteiger partial charge in [0.1, 0.15) is 0 Å². The first-order valence-electron chi connectivity index (χ1n) is 8.52.